The van der Waals surface area contributed by atoms with Crippen molar-refractivity contribution in [2.24, 2.45) is 4.99 Å². The number of rotatable bonds is 9. The molecule has 0 atom stereocenters. The van der Waals surface area contributed by atoms with Crippen LogP contribution in [-0.2, 0) is 6.42 Å². The Morgan fingerprint density at radius 2 is 1.96 bits per heavy atom. The van der Waals surface area contributed by atoms with Crippen LogP contribution in [0.5, 0.6) is 0 Å². The van der Waals surface area contributed by atoms with Gasteiger partial charge in [0.2, 0.25) is 0 Å². The molecule has 146 valence electrons. The van der Waals surface area contributed by atoms with E-state index in [1.165, 1.54) is 18.4 Å². The zero-order valence-electron chi connectivity index (χ0n) is 16.7. The summed E-state index contributed by atoms with van der Waals surface area (Å²) in [5, 5.41) is 11.1. The summed E-state index contributed by atoms with van der Waals surface area (Å²) in [4.78, 5) is 6.92. The Morgan fingerprint density at radius 3 is 2.56 bits per heavy atom. The first kappa shape index (κ1) is 19.4. The molecule has 1 heterocycles. The van der Waals surface area contributed by atoms with E-state index in [0.29, 0.717) is 6.04 Å². The summed E-state index contributed by atoms with van der Waals surface area (Å²) in [6, 6.07) is 11.9. The number of hydrogen-bond acceptors (Lipinski definition) is 3. The van der Waals surface area contributed by atoms with Crippen LogP contribution in [0.15, 0.2) is 47.7 Å². The quantitative estimate of drug-likeness (QED) is 0.527. The number of guanidine groups is 1. The summed E-state index contributed by atoms with van der Waals surface area (Å²) in [6.45, 7) is 7.41. The van der Waals surface area contributed by atoms with Crippen LogP contribution in [0.2, 0.25) is 0 Å². The lowest BCUT2D eigenvalue weighted by atomic mass is 10.1. The first-order valence-electron chi connectivity index (χ1n) is 9.96. The second-order valence-corrected chi connectivity index (χ2v) is 7.36. The maximum Gasteiger partial charge on any atom is 0.191 e. The van der Waals surface area contributed by atoms with Gasteiger partial charge in [-0.05, 0) is 56.9 Å². The second kappa shape index (κ2) is 9.55. The molecule has 2 N–H and O–H groups in total. The summed E-state index contributed by atoms with van der Waals surface area (Å²) in [6.07, 6.45) is 7.41. The Bertz CT molecular complexity index is 699. The maximum atomic E-state index is 4.33. The molecule has 1 aromatic carbocycles. The van der Waals surface area contributed by atoms with E-state index in [1.807, 2.05) is 24.0 Å². The molecule has 0 unspecified atom stereocenters. The van der Waals surface area contributed by atoms with Gasteiger partial charge >= 0.3 is 0 Å². The van der Waals surface area contributed by atoms with Crippen LogP contribution in [0, 0.1) is 0 Å². The van der Waals surface area contributed by atoms with Crippen LogP contribution in [0.1, 0.15) is 32.3 Å². The van der Waals surface area contributed by atoms with Gasteiger partial charge in [-0.3, -0.25) is 9.89 Å². The van der Waals surface area contributed by atoms with Crippen LogP contribution in [0.4, 0.5) is 0 Å². The van der Waals surface area contributed by atoms with Gasteiger partial charge in [0.25, 0.3) is 0 Å². The molecule has 0 spiro atoms. The number of hydrogen-bond donors (Lipinski definition) is 2. The summed E-state index contributed by atoms with van der Waals surface area (Å²) in [7, 11) is 1.83. The van der Waals surface area contributed by atoms with E-state index in [2.05, 4.69) is 63.7 Å². The minimum absolute atomic E-state index is 0.610. The Hall–Kier alpha value is -2.34. The topological polar surface area (TPSA) is 57.5 Å². The van der Waals surface area contributed by atoms with Gasteiger partial charge < -0.3 is 10.6 Å². The predicted molar refractivity (Wildman–Crippen MR) is 111 cm³/mol. The summed E-state index contributed by atoms with van der Waals surface area (Å²) >= 11 is 0. The van der Waals surface area contributed by atoms with Crippen molar-refractivity contribution < 1.29 is 0 Å². The molecule has 0 bridgehead atoms. The molecule has 1 fully saturated rings. The van der Waals surface area contributed by atoms with E-state index in [4.69, 9.17) is 0 Å². The van der Waals surface area contributed by atoms with Gasteiger partial charge in [-0.25, -0.2) is 4.68 Å². The normalized spacial score (nSPS) is 14.8. The van der Waals surface area contributed by atoms with E-state index < -0.39 is 0 Å². The SMILES string of the molecule is CN=C(NCCc1ccc(-n2cccn2)cc1)NCCN(C(C)C)C1CC1. The first-order valence-corrected chi connectivity index (χ1v) is 9.96. The van der Waals surface area contributed by atoms with Crippen molar-refractivity contribution >= 4 is 5.96 Å². The van der Waals surface area contributed by atoms with Crippen LogP contribution in [0.3, 0.4) is 0 Å². The number of nitrogens with one attached hydrogen (secondary N) is 2. The molecular weight excluding hydrogens is 336 g/mol. The highest BCUT2D eigenvalue weighted by molar-refractivity contribution is 5.79. The molecule has 0 saturated heterocycles. The summed E-state index contributed by atoms with van der Waals surface area (Å²) < 4.78 is 1.87. The third kappa shape index (κ3) is 5.82. The minimum Gasteiger partial charge on any atom is -0.356 e. The van der Waals surface area contributed by atoms with Crippen molar-refractivity contribution in [1.82, 2.24) is 25.3 Å². The van der Waals surface area contributed by atoms with Crippen molar-refractivity contribution in [1.29, 1.82) is 0 Å². The lowest BCUT2D eigenvalue weighted by molar-refractivity contribution is 0.215. The van der Waals surface area contributed by atoms with E-state index in [1.54, 1.807) is 6.20 Å². The van der Waals surface area contributed by atoms with Crippen LogP contribution in [-0.4, -0.2) is 59.4 Å². The highest BCUT2D eigenvalue weighted by atomic mass is 15.3. The fraction of sp³-hybridized carbons (Fsp3) is 0.524. The third-order valence-electron chi connectivity index (χ3n) is 4.98. The van der Waals surface area contributed by atoms with E-state index >= 15 is 0 Å². The van der Waals surface area contributed by atoms with E-state index in [9.17, 15) is 0 Å². The Morgan fingerprint density at radius 1 is 1.22 bits per heavy atom. The lowest BCUT2D eigenvalue weighted by Gasteiger charge is -2.26. The van der Waals surface area contributed by atoms with Crippen LogP contribution in [0.25, 0.3) is 5.69 Å². The predicted octanol–water partition coefficient (Wildman–Crippen LogP) is 2.45. The highest BCUT2D eigenvalue weighted by Gasteiger charge is 2.30. The fourth-order valence-electron chi connectivity index (χ4n) is 3.35. The molecule has 2 aromatic rings. The van der Waals surface area contributed by atoms with Gasteiger partial charge in [-0.15, -0.1) is 0 Å². The molecular formula is C21H32N6. The number of aromatic nitrogens is 2. The maximum absolute atomic E-state index is 4.33. The van der Waals surface area contributed by atoms with Gasteiger partial charge in [0.15, 0.2) is 5.96 Å². The average Bonchev–Trinajstić information content (AvgIpc) is 3.36. The van der Waals surface area contributed by atoms with Crippen molar-refractivity contribution in [2.45, 2.75) is 45.2 Å². The zero-order chi connectivity index (χ0) is 19.1. The summed E-state index contributed by atoms with van der Waals surface area (Å²) in [5.74, 6) is 0.877. The Balaban J connectivity index is 1.38. The highest BCUT2D eigenvalue weighted by Crippen LogP contribution is 2.27. The first-order chi connectivity index (χ1) is 13.2. The number of aliphatic imine (C=N–C) groups is 1. The van der Waals surface area contributed by atoms with Crippen molar-refractivity contribution in [3.63, 3.8) is 0 Å². The zero-order valence-corrected chi connectivity index (χ0v) is 16.7. The molecule has 27 heavy (non-hydrogen) atoms. The van der Waals surface area contributed by atoms with Gasteiger partial charge in [-0.1, -0.05) is 12.1 Å². The molecule has 1 aliphatic carbocycles. The van der Waals surface area contributed by atoms with Gasteiger partial charge in [0, 0.05) is 51.2 Å². The molecule has 0 amide bonds. The lowest BCUT2D eigenvalue weighted by Crippen LogP contribution is -2.44. The van der Waals surface area contributed by atoms with Gasteiger partial charge in [0.05, 0.1) is 5.69 Å². The minimum atomic E-state index is 0.610. The van der Waals surface area contributed by atoms with Crippen LogP contribution >= 0.6 is 0 Å². The molecule has 6 nitrogen and oxygen atoms in total. The summed E-state index contributed by atoms with van der Waals surface area (Å²) in [5.41, 5.74) is 2.38. The molecule has 1 aliphatic rings. The number of benzene rings is 1. The smallest absolute Gasteiger partial charge is 0.191 e. The van der Waals surface area contributed by atoms with Crippen molar-refractivity contribution in [2.75, 3.05) is 26.7 Å². The molecule has 6 heteroatoms. The standard InChI is InChI=1S/C21H32N6/c1-17(2)26(19-9-10-19)16-14-24-21(22-3)23-13-11-18-5-7-20(8-6-18)27-15-4-12-25-27/h4-8,12,15,17,19H,9-11,13-14,16H2,1-3H3,(H2,22,23,24). The van der Waals surface area contributed by atoms with Crippen molar-refractivity contribution in [3.8, 4) is 5.69 Å². The third-order valence-corrected chi connectivity index (χ3v) is 4.98. The van der Waals surface area contributed by atoms with E-state index in [0.717, 1.165) is 43.7 Å². The largest absolute Gasteiger partial charge is 0.356 e. The molecule has 0 aliphatic heterocycles. The fourth-order valence-corrected chi connectivity index (χ4v) is 3.35. The molecule has 0 radical (unpaired) electrons. The average molecular weight is 369 g/mol. The Labute approximate surface area is 162 Å². The molecule has 1 aromatic heterocycles. The van der Waals surface area contributed by atoms with Gasteiger partial charge in [0.1, 0.15) is 0 Å². The molecule has 3 rings (SSSR count). The second-order valence-electron chi connectivity index (χ2n) is 7.36. The molecule has 1 saturated carbocycles. The monoisotopic (exact) mass is 368 g/mol. The van der Waals surface area contributed by atoms with Gasteiger partial charge in [-0.2, -0.15) is 5.10 Å². The van der Waals surface area contributed by atoms with Crippen molar-refractivity contribution in [3.05, 3.63) is 48.3 Å². The Kier molecular flexibility index (Phi) is 6.87. The number of nitrogens with zero attached hydrogens (tertiary/aromatic N) is 4. The van der Waals surface area contributed by atoms with Crippen LogP contribution < -0.4 is 10.6 Å². The van der Waals surface area contributed by atoms with E-state index in [-0.39, 0.29) is 0 Å².